The van der Waals surface area contributed by atoms with E-state index in [2.05, 4.69) is 291 Å². The van der Waals surface area contributed by atoms with Gasteiger partial charge in [-0.15, -0.1) is 22.7 Å². The third-order valence-electron chi connectivity index (χ3n) is 17.3. The highest BCUT2D eigenvalue weighted by Crippen LogP contribution is 2.51. The summed E-state index contributed by atoms with van der Waals surface area (Å²) >= 11 is 3.77. The van der Waals surface area contributed by atoms with Crippen LogP contribution >= 0.6 is 22.7 Å². The van der Waals surface area contributed by atoms with Crippen molar-refractivity contribution in [1.82, 2.24) is 0 Å². The molecule has 0 radical (unpaired) electrons. The minimum absolute atomic E-state index is 1.18. The van der Waals surface area contributed by atoms with Crippen molar-refractivity contribution >= 4 is 117 Å². The molecule has 0 atom stereocenters. The lowest BCUT2D eigenvalue weighted by Gasteiger charge is -2.21. The van der Waals surface area contributed by atoms with Gasteiger partial charge >= 0.3 is 0 Å². The SMILES string of the molecule is c1ccc(-c2ccc(-c3c4ccccc4c(-c4ccc5c(c4)sc4ccccc45)c4cc(-c5ccc6c(-c7ccccc7-c7cccc8ccccc78)c7ccccc7c(-c7ccc8c(c7)sc7ccccc78)c6c5)ccc34)cc2)cc1. The van der Waals surface area contributed by atoms with Crippen molar-refractivity contribution in [2.45, 2.75) is 0 Å². The van der Waals surface area contributed by atoms with E-state index in [9.17, 15) is 0 Å². The molecule has 82 heavy (non-hydrogen) atoms. The molecule has 2 heterocycles. The van der Waals surface area contributed by atoms with E-state index in [1.807, 2.05) is 22.7 Å². The van der Waals surface area contributed by atoms with Crippen LogP contribution in [0.25, 0.3) is 172 Å². The summed E-state index contributed by atoms with van der Waals surface area (Å²) in [5.74, 6) is 0. The first-order valence-electron chi connectivity index (χ1n) is 28.2. The van der Waals surface area contributed by atoms with Gasteiger partial charge in [-0.2, -0.15) is 0 Å². The first-order chi connectivity index (χ1) is 40.7. The van der Waals surface area contributed by atoms with Crippen molar-refractivity contribution in [2.24, 2.45) is 0 Å². The first kappa shape index (κ1) is 46.9. The highest BCUT2D eigenvalue weighted by Gasteiger charge is 2.23. The maximum atomic E-state index is 2.50. The Kier molecular flexibility index (Phi) is 10.8. The van der Waals surface area contributed by atoms with Crippen LogP contribution in [0.3, 0.4) is 0 Å². The molecule has 0 aliphatic heterocycles. The lowest BCUT2D eigenvalue weighted by atomic mass is 9.82. The molecular weight excluding hydrogens is 1030 g/mol. The minimum atomic E-state index is 1.18. The van der Waals surface area contributed by atoms with Crippen LogP contribution in [0.1, 0.15) is 0 Å². The molecule has 0 unspecified atom stereocenters. The van der Waals surface area contributed by atoms with Crippen molar-refractivity contribution in [1.29, 1.82) is 0 Å². The van der Waals surface area contributed by atoms with Gasteiger partial charge < -0.3 is 0 Å². The van der Waals surface area contributed by atoms with Gasteiger partial charge in [-0.3, -0.25) is 0 Å². The van der Waals surface area contributed by atoms with Crippen LogP contribution in [0, 0.1) is 0 Å². The zero-order valence-electron chi connectivity index (χ0n) is 44.5. The molecule has 0 N–H and O–H groups in total. The molecule has 0 spiro atoms. The quantitative estimate of drug-likeness (QED) is 0.140. The van der Waals surface area contributed by atoms with Gasteiger partial charge in [-0.05, 0) is 168 Å². The van der Waals surface area contributed by atoms with Crippen LogP contribution in [0.15, 0.2) is 291 Å². The Bertz CT molecular complexity index is 5440. The van der Waals surface area contributed by atoms with E-state index in [-0.39, 0.29) is 0 Å². The van der Waals surface area contributed by atoms with Crippen molar-refractivity contribution < 1.29 is 0 Å². The zero-order valence-corrected chi connectivity index (χ0v) is 46.2. The smallest absolute Gasteiger partial charge is 0.0361 e. The van der Waals surface area contributed by atoms with E-state index in [4.69, 9.17) is 0 Å². The number of fused-ring (bicyclic) bond motifs is 11. The highest BCUT2D eigenvalue weighted by atomic mass is 32.1. The summed E-state index contributed by atoms with van der Waals surface area (Å²) in [5.41, 5.74) is 17.1. The van der Waals surface area contributed by atoms with Gasteiger partial charge in [0.1, 0.15) is 0 Å². The third-order valence-corrected chi connectivity index (χ3v) is 19.5. The molecule has 0 aliphatic rings. The lowest BCUT2D eigenvalue weighted by molar-refractivity contribution is 1.61. The van der Waals surface area contributed by atoms with Crippen molar-refractivity contribution in [3.05, 3.63) is 291 Å². The second-order valence-electron chi connectivity index (χ2n) is 21.7. The molecule has 0 amide bonds. The molecule has 0 nitrogen and oxygen atoms in total. The fourth-order valence-corrected chi connectivity index (χ4v) is 15.8. The molecule has 2 heteroatoms. The van der Waals surface area contributed by atoms with Crippen LogP contribution in [0.2, 0.25) is 0 Å². The van der Waals surface area contributed by atoms with E-state index >= 15 is 0 Å². The Hall–Kier alpha value is -9.96. The average molecular weight is 1070 g/mol. The van der Waals surface area contributed by atoms with E-state index in [1.54, 1.807) is 0 Å². The summed E-state index contributed by atoms with van der Waals surface area (Å²) in [5, 5.41) is 17.6. The van der Waals surface area contributed by atoms with Gasteiger partial charge in [0, 0.05) is 40.3 Å². The van der Waals surface area contributed by atoms with E-state index in [0.29, 0.717) is 0 Å². The predicted molar refractivity (Wildman–Crippen MR) is 358 cm³/mol. The normalized spacial score (nSPS) is 11.9. The first-order valence-corrected chi connectivity index (χ1v) is 29.8. The predicted octanol–water partition coefficient (Wildman–Crippen LogP) is 23.9. The van der Waals surface area contributed by atoms with Gasteiger partial charge in [0.05, 0.1) is 0 Å². The Morgan fingerprint density at radius 2 is 0.512 bits per heavy atom. The molecule has 0 bridgehead atoms. The van der Waals surface area contributed by atoms with Gasteiger partial charge in [0.15, 0.2) is 0 Å². The Labute approximate surface area is 482 Å². The summed E-state index contributed by atoms with van der Waals surface area (Å²) in [4.78, 5) is 0. The molecule has 2 aromatic heterocycles. The number of hydrogen-bond acceptors (Lipinski definition) is 2. The van der Waals surface area contributed by atoms with Gasteiger partial charge in [0.2, 0.25) is 0 Å². The molecule has 0 saturated heterocycles. The Balaban J connectivity index is 0.941. The molecule has 0 saturated carbocycles. The van der Waals surface area contributed by atoms with Crippen molar-refractivity contribution in [3.8, 4) is 77.9 Å². The fraction of sp³-hybridized carbons (Fsp3) is 0. The van der Waals surface area contributed by atoms with E-state index in [0.717, 1.165) is 0 Å². The maximum absolute atomic E-state index is 2.50. The largest absolute Gasteiger partial charge is 0.135 e. The standard InChI is InChI=1S/C80H48S2/c1-2-17-49(18-3-1)50-33-35-52(36-34-50)77-65-26-8-9-27-66(65)78(55-39-41-62-60-23-12-14-31-73(60)81-75(62)47-55)71-45-53(37-43-69(71)77)54-38-44-70-72(46-54)79(56-40-42-63-61-24-13-15-32-74(61)82-76(63)48-56)67-28-10-11-29-68(67)80(70)64-25-7-6-22-59(64)58-30-16-20-51-19-4-5-21-57(51)58/h1-48H. The molecule has 0 fully saturated rings. The van der Waals surface area contributed by atoms with Crippen LogP contribution in [0.4, 0.5) is 0 Å². The number of thiophene rings is 2. The molecule has 17 aromatic rings. The monoisotopic (exact) mass is 1070 g/mol. The summed E-state index contributed by atoms with van der Waals surface area (Å²) in [6.07, 6.45) is 0. The fourth-order valence-electron chi connectivity index (χ4n) is 13.6. The summed E-state index contributed by atoms with van der Waals surface area (Å²) in [7, 11) is 0. The molecule has 380 valence electrons. The van der Waals surface area contributed by atoms with Crippen molar-refractivity contribution in [3.63, 3.8) is 0 Å². The summed E-state index contributed by atoms with van der Waals surface area (Å²) in [6, 6.07) is 109. The van der Waals surface area contributed by atoms with E-state index in [1.165, 1.54) is 172 Å². The molecule has 17 rings (SSSR count). The second-order valence-corrected chi connectivity index (χ2v) is 23.9. The summed E-state index contributed by atoms with van der Waals surface area (Å²) in [6.45, 7) is 0. The maximum Gasteiger partial charge on any atom is 0.0361 e. The third kappa shape index (κ3) is 7.43. The van der Waals surface area contributed by atoms with Crippen LogP contribution in [0.5, 0.6) is 0 Å². The van der Waals surface area contributed by atoms with Crippen LogP contribution in [-0.2, 0) is 0 Å². The second kappa shape index (κ2) is 18.8. The molecular formula is C80H48S2. The summed E-state index contributed by atoms with van der Waals surface area (Å²) < 4.78 is 5.22. The molecule has 0 aliphatic carbocycles. The molecule has 15 aromatic carbocycles. The Morgan fingerprint density at radius 3 is 1.10 bits per heavy atom. The lowest BCUT2D eigenvalue weighted by Crippen LogP contribution is -1.94. The van der Waals surface area contributed by atoms with Crippen LogP contribution < -0.4 is 0 Å². The van der Waals surface area contributed by atoms with Gasteiger partial charge in [0.25, 0.3) is 0 Å². The zero-order chi connectivity index (χ0) is 53.8. The average Bonchev–Trinajstić information content (AvgIpc) is 1.91. The highest BCUT2D eigenvalue weighted by molar-refractivity contribution is 7.26. The van der Waals surface area contributed by atoms with E-state index < -0.39 is 0 Å². The van der Waals surface area contributed by atoms with Crippen LogP contribution in [-0.4, -0.2) is 0 Å². The van der Waals surface area contributed by atoms with Crippen molar-refractivity contribution in [2.75, 3.05) is 0 Å². The number of rotatable bonds is 7. The minimum Gasteiger partial charge on any atom is -0.135 e. The van der Waals surface area contributed by atoms with Gasteiger partial charge in [-0.25, -0.2) is 0 Å². The number of hydrogen-bond donors (Lipinski definition) is 0. The topological polar surface area (TPSA) is 0 Å². The van der Waals surface area contributed by atoms with Gasteiger partial charge in [-0.1, -0.05) is 255 Å². The number of benzene rings is 15. The Morgan fingerprint density at radius 1 is 0.159 bits per heavy atom.